The van der Waals surface area contributed by atoms with Crippen LogP contribution in [0.1, 0.15) is 83.6 Å². The van der Waals surface area contributed by atoms with Gasteiger partial charge in [-0.05, 0) is 79.8 Å². The topological polar surface area (TPSA) is 75.9 Å². The number of rotatable bonds is 12. The summed E-state index contributed by atoms with van der Waals surface area (Å²) in [6.45, 7) is 4.10. The van der Waals surface area contributed by atoms with Gasteiger partial charge in [0.15, 0.2) is 0 Å². The van der Waals surface area contributed by atoms with Crippen molar-refractivity contribution in [3.8, 4) is 5.75 Å². The summed E-state index contributed by atoms with van der Waals surface area (Å²) in [6.07, 6.45) is 9.45. The van der Waals surface area contributed by atoms with Crippen molar-refractivity contribution in [1.29, 1.82) is 0 Å². The van der Waals surface area contributed by atoms with E-state index in [0.717, 1.165) is 51.0 Å². The monoisotopic (exact) mass is 567 g/mol. The Bertz CT molecular complexity index is 1270. The maximum absolute atomic E-state index is 13.1. The lowest BCUT2D eigenvalue weighted by atomic mass is 9.76. The van der Waals surface area contributed by atoms with Crippen molar-refractivity contribution in [2.45, 2.75) is 63.3 Å². The van der Waals surface area contributed by atoms with Gasteiger partial charge in [0, 0.05) is 43.3 Å². The fraction of sp³-hybridized carbons (Fsp3) is 0.444. The molecular formula is C36H45N3O3. The second-order valence-electron chi connectivity index (χ2n) is 11.9. The Morgan fingerprint density at radius 1 is 0.833 bits per heavy atom. The SMILES string of the molecule is NC(=O)c1cccc(OCCCN(CC(c2ccccc2)C2CCCCC2)C2CCN(C(=O)c3ccccc3)CC2)c1. The van der Waals surface area contributed by atoms with Gasteiger partial charge in [-0.1, -0.05) is 73.9 Å². The number of piperidine rings is 1. The number of amides is 2. The summed E-state index contributed by atoms with van der Waals surface area (Å²) in [5.74, 6) is 1.57. The van der Waals surface area contributed by atoms with Crippen LogP contribution in [0, 0.1) is 5.92 Å². The van der Waals surface area contributed by atoms with Crippen molar-refractivity contribution >= 4 is 11.8 Å². The Kier molecular flexibility index (Phi) is 10.7. The molecule has 1 saturated heterocycles. The summed E-state index contributed by atoms with van der Waals surface area (Å²) < 4.78 is 6.05. The molecule has 2 aliphatic rings. The highest BCUT2D eigenvalue weighted by atomic mass is 16.5. The minimum absolute atomic E-state index is 0.136. The largest absolute Gasteiger partial charge is 0.494 e. The van der Waals surface area contributed by atoms with Crippen LogP contribution in [0.4, 0.5) is 0 Å². The Morgan fingerprint density at radius 2 is 1.50 bits per heavy atom. The Balaban J connectivity index is 1.27. The molecule has 6 nitrogen and oxygen atoms in total. The molecule has 1 unspecified atom stereocenters. The fourth-order valence-corrected chi connectivity index (χ4v) is 6.83. The summed E-state index contributed by atoms with van der Waals surface area (Å²) in [5, 5.41) is 0. The van der Waals surface area contributed by atoms with Gasteiger partial charge in [-0.25, -0.2) is 0 Å². The quantitative estimate of drug-likeness (QED) is 0.253. The highest BCUT2D eigenvalue weighted by Gasteiger charge is 2.32. The van der Waals surface area contributed by atoms with E-state index in [1.165, 1.54) is 37.7 Å². The standard InChI is InChI=1S/C36H45N3O3/c37-35(40)31-18-10-19-33(26-31)42-25-11-22-39(27-34(28-12-4-1-5-13-28)29-14-6-2-7-15-29)32-20-23-38(24-21-32)36(41)30-16-8-3-9-17-30/h1,3-5,8-10,12-13,16-19,26,29,32,34H,2,6-7,11,14-15,20-25,27H2,(H2,37,40). The number of hydrogen-bond donors (Lipinski definition) is 1. The number of carbonyl (C=O) groups excluding carboxylic acids is 2. The van der Waals surface area contributed by atoms with Gasteiger partial charge < -0.3 is 15.4 Å². The lowest BCUT2D eigenvalue weighted by Crippen LogP contribution is -2.48. The normalized spacial score (nSPS) is 17.2. The molecule has 2 amide bonds. The number of primary amides is 1. The van der Waals surface area contributed by atoms with Crippen LogP contribution in [0.5, 0.6) is 5.75 Å². The first-order chi connectivity index (χ1) is 20.6. The predicted octanol–water partition coefficient (Wildman–Crippen LogP) is 6.53. The molecule has 1 heterocycles. The molecule has 6 heteroatoms. The zero-order chi connectivity index (χ0) is 29.1. The van der Waals surface area contributed by atoms with Gasteiger partial charge in [-0.15, -0.1) is 0 Å². The molecule has 0 bridgehead atoms. The summed E-state index contributed by atoms with van der Waals surface area (Å²) >= 11 is 0. The second kappa shape index (κ2) is 15.0. The van der Waals surface area contributed by atoms with Crippen molar-refractivity contribution in [3.63, 3.8) is 0 Å². The van der Waals surface area contributed by atoms with Crippen LogP contribution in [-0.4, -0.2) is 60.4 Å². The summed E-state index contributed by atoms with van der Waals surface area (Å²) in [7, 11) is 0. The lowest BCUT2D eigenvalue weighted by molar-refractivity contribution is 0.0583. The zero-order valence-corrected chi connectivity index (χ0v) is 24.7. The first-order valence-corrected chi connectivity index (χ1v) is 15.7. The molecule has 3 aromatic rings. The lowest BCUT2D eigenvalue weighted by Gasteiger charge is -2.42. The highest BCUT2D eigenvalue weighted by molar-refractivity contribution is 5.94. The third-order valence-corrected chi connectivity index (χ3v) is 9.14. The first kappa shape index (κ1) is 29.8. The molecule has 1 atom stereocenters. The predicted molar refractivity (Wildman–Crippen MR) is 168 cm³/mol. The molecule has 0 radical (unpaired) electrons. The molecule has 42 heavy (non-hydrogen) atoms. The van der Waals surface area contributed by atoms with E-state index >= 15 is 0 Å². The average molecular weight is 568 g/mol. The van der Waals surface area contributed by atoms with E-state index in [4.69, 9.17) is 10.5 Å². The number of hydrogen-bond acceptors (Lipinski definition) is 4. The van der Waals surface area contributed by atoms with Gasteiger partial charge in [0.05, 0.1) is 6.61 Å². The number of likely N-dealkylation sites (tertiary alicyclic amines) is 1. The van der Waals surface area contributed by atoms with Crippen molar-refractivity contribution in [2.24, 2.45) is 11.7 Å². The second-order valence-corrected chi connectivity index (χ2v) is 11.9. The molecule has 222 valence electrons. The van der Waals surface area contributed by atoms with E-state index in [-0.39, 0.29) is 5.91 Å². The minimum atomic E-state index is -0.446. The summed E-state index contributed by atoms with van der Waals surface area (Å²) in [6, 6.07) is 28.3. The van der Waals surface area contributed by atoms with Crippen LogP contribution in [0.25, 0.3) is 0 Å². The van der Waals surface area contributed by atoms with E-state index in [9.17, 15) is 9.59 Å². The van der Waals surface area contributed by atoms with E-state index in [0.29, 0.717) is 35.8 Å². The molecule has 2 fully saturated rings. The van der Waals surface area contributed by atoms with Gasteiger partial charge in [-0.3, -0.25) is 14.5 Å². The third-order valence-electron chi connectivity index (χ3n) is 9.14. The number of nitrogens with zero attached hydrogens (tertiary/aromatic N) is 2. The minimum Gasteiger partial charge on any atom is -0.494 e. The highest BCUT2D eigenvalue weighted by Crippen LogP contribution is 2.37. The molecular weight excluding hydrogens is 522 g/mol. The molecule has 0 spiro atoms. The van der Waals surface area contributed by atoms with Crippen molar-refractivity contribution in [2.75, 3.05) is 32.8 Å². The molecule has 1 saturated carbocycles. The Labute approximate surface area is 250 Å². The number of benzene rings is 3. The third kappa shape index (κ3) is 8.01. The number of nitrogens with two attached hydrogens (primary N) is 1. The summed E-state index contributed by atoms with van der Waals surface area (Å²) in [4.78, 5) is 29.4. The Morgan fingerprint density at radius 3 is 2.19 bits per heavy atom. The van der Waals surface area contributed by atoms with Gasteiger partial charge >= 0.3 is 0 Å². The molecule has 1 aliphatic carbocycles. The van der Waals surface area contributed by atoms with Crippen LogP contribution >= 0.6 is 0 Å². The van der Waals surface area contributed by atoms with Crippen molar-refractivity contribution in [1.82, 2.24) is 9.80 Å². The molecule has 5 rings (SSSR count). The van der Waals surface area contributed by atoms with Gasteiger partial charge in [0.25, 0.3) is 5.91 Å². The van der Waals surface area contributed by atoms with E-state index in [1.807, 2.05) is 41.3 Å². The molecule has 1 aliphatic heterocycles. The van der Waals surface area contributed by atoms with E-state index < -0.39 is 5.91 Å². The zero-order valence-electron chi connectivity index (χ0n) is 24.7. The van der Waals surface area contributed by atoms with Gasteiger partial charge in [-0.2, -0.15) is 0 Å². The molecule has 2 N–H and O–H groups in total. The maximum Gasteiger partial charge on any atom is 0.253 e. The van der Waals surface area contributed by atoms with Crippen LogP contribution in [-0.2, 0) is 0 Å². The van der Waals surface area contributed by atoms with Crippen LogP contribution in [0.15, 0.2) is 84.9 Å². The summed E-state index contributed by atoms with van der Waals surface area (Å²) in [5.41, 5.74) is 8.13. The molecule has 3 aromatic carbocycles. The van der Waals surface area contributed by atoms with Crippen LogP contribution in [0.3, 0.4) is 0 Å². The van der Waals surface area contributed by atoms with Crippen molar-refractivity contribution < 1.29 is 14.3 Å². The van der Waals surface area contributed by atoms with Crippen LogP contribution in [0.2, 0.25) is 0 Å². The molecule has 0 aromatic heterocycles. The first-order valence-electron chi connectivity index (χ1n) is 15.7. The number of ether oxygens (including phenoxy) is 1. The van der Waals surface area contributed by atoms with E-state index in [1.54, 1.807) is 18.2 Å². The van der Waals surface area contributed by atoms with Crippen LogP contribution < -0.4 is 10.5 Å². The maximum atomic E-state index is 13.1. The smallest absolute Gasteiger partial charge is 0.253 e. The van der Waals surface area contributed by atoms with E-state index in [2.05, 4.69) is 35.2 Å². The average Bonchev–Trinajstić information content (AvgIpc) is 3.05. The fourth-order valence-electron chi connectivity index (χ4n) is 6.83. The van der Waals surface area contributed by atoms with Gasteiger partial charge in [0.2, 0.25) is 5.91 Å². The van der Waals surface area contributed by atoms with Crippen molar-refractivity contribution in [3.05, 3.63) is 102 Å². The Hall–Kier alpha value is -3.64. The number of carbonyl (C=O) groups is 2. The van der Waals surface area contributed by atoms with Gasteiger partial charge in [0.1, 0.15) is 5.75 Å².